The molecular weight excluding hydrogens is 252 g/mol. The van der Waals surface area contributed by atoms with Crippen molar-refractivity contribution in [2.45, 2.75) is 33.2 Å². The molecule has 2 rings (SSSR count). The van der Waals surface area contributed by atoms with E-state index in [0.717, 1.165) is 29.8 Å². The van der Waals surface area contributed by atoms with E-state index >= 15 is 0 Å². The molecule has 0 aromatic heterocycles. The standard InChI is InChI=1S/C16H24N2O2/c1-11-4-5-12(2)14(8-11)17-16(20)9-18-7-6-13(3)15(18)10-19/h4-5,8,13,15,19H,6-7,9-10H2,1-3H3,(H,17,20). The van der Waals surface area contributed by atoms with Crippen LogP contribution >= 0.6 is 0 Å². The summed E-state index contributed by atoms with van der Waals surface area (Å²) in [4.78, 5) is 14.2. The van der Waals surface area contributed by atoms with Gasteiger partial charge in [-0.05, 0) is 49.9 Å². The number of aliphatic hydroxyl groups is 1. The molecule has 1 aromatic rings. The Bertz CT molecular complexity index is 487. The summed E-state index contributed by atoms with van der Waals surface area (Å²) in [5.74, 6) is 0.444. The first kappa shape index (κ1) is 15.0. The zero-order chi connectivity index (χ0) is 14.7. The molecule has 2 atom stereocenters. The second kappa shape index (κ2) is 6.37. The Kier molecular flexibility index (Phi) is 4.78. The summed E-state index contributed by atoms with van der Waals surface area (Å²) in [6, 6.07) is 6.15. The monoisotopic (exact) mass is 276 g/mol. The molecule has 4 heteroatoms. The third-order valence-corrected chi connectivity index (χ3v) is 4.20. The van der Waals surface area contributed by atoms with Gasteiger partial charge in [-0.25, -0.2) is 0 Å². The fraction of sp³-hybridized carbons (Fsp3) is 0.562. The van der Waals surface area contributed by atoms with Crippen molar-refractivity contribution in [2.24, 2.45) is 5.92 Å². The summed E-state index contributed by atoms with van der Waals surface area (Å²) in [6.07, 6.45) is 1.04. The minimum absolute atomic E-state index is 0.00810. The Hall–Kier alpha value is -1.39. The van der Waals surface area contributed by atoms with Gasteiger partial charge in [0.2, 0.25) is 5.91 Å². The summed E-state index contributed by atoms with van der Waals surface area (Å²) >= 11 is 0. The first-order valence-corrected chi connectivity index (χ1v) is 7.23. The van der Waals surface area contributed by atoms with Crippen LogP contribution in [-0.2, 0) is 4.79 Å². The van der Waals surface area contributed by atoms with Gasteiger partial charge in [0.05, 0.1) is 13.2 Å². The molecule has 1 aromatic carbocycles. The van der Waals surface area contributed by atoms with E-state index in [-0.39, 0.29) is 18.6 Å². The zero-order valence-corrected chi connectivity index (χ0v) is 12.5. The van der Waals surface area contributed by atoms with Crippen LogP contribution in [0.1, 0.15) is 24.5 Å². The Morgan fingerprint density at radius 3 is 2.90 bits per heavy atom. The topological polar surface area (TPSA) is 52.6 Å². The molecule has 1 amide bonds. The lowest BCUT2D eigenvalue weighted by Crippen LogP contribution is -2.40. The van der Waals surface area contributed by atoms with Gasteiger partial charge in [-0.15, -0.1) is 0 Å². The number of amides is 1. The van der Waals surface area contributed by atoms with Gasteiger partial charge >= 0.3 is 0 Å². The van der Waals surface area contributed by atoms with E-state index in [4.69, 9.17) is 0 Å². The summed E-state index contributed by atoms with van der Waals surface area (Å²) < 4.78 is 0. The summed E-state index contributed by atoms with van der Waals surface area (Å²) in [5, 5.41) is 12.4. The highest BCUT2D eigenvalue weighted by molar-refractivity contribution is 5.93. The number of carbonyl (C=O) groups is 1. The third-order valence-electron chi connectivity index (χ3n) is 4.20. The van der Waals surface area contributed by atoms with Crippen LogP contribution in [0, 0.1) is 19.8 Å². The van der Waals surface area contributed by atoms with Gasteiger partial charge in [0.25, 0.3) is 0 Å². The summed E-state index contributed by atoms with van der Waals surface area (Å²) in [7, 11) is 0. The Morgan fingerprint density at radius 2 is 2.20 bits per heavy atom. The highest BCUT2D eigenvalue weighted by Crippen LogP contribution is 2.23. The largest absolute Gasteiger partial charge is 0.395 e. The van der Waals surface area contributed by atoms with Crippen molar-refractivity contribution >= 4 is 11.6 Å². The van der Waals surface area contributed by atoms with Crippen molar-refractivity contribution in [1.29, 1.82) is 0 Å². The average Bonchev–Trinajstić information content (AvgIpc) is 2.74. The molecule has 0 saturated carbocycles. The lowest BCUT2D eigenvalue weighted by Gasteiger charge is -2.24. The maximum Gasteiger partial charge on any atom is 0.238 e. The minimum atomic E-state index is -0.00810. The molecule has 1 fully saturated rings. The number of aliphatic hydroxyl groups excluding tert-OH is 1. The second-order valence-corrected chi connectivity index (χ2v) is 5.85. The Morgan fingerprint density at radius 1 is 1.45 bits per heavy atom. The van der Waals surface area contributed by atoms with E-state index in [0.29, 0.717) is 12.5 Å². The van der Waals surface area contributed by atoms with Gasteiger partial charge < -0.3 is 10.4 Å². The number of aryl methyl sites for hydroxylation is 2. The first-order chi connectivity index (χ1) is 9.51. The number of carbonyl (C=O) groups excluding carboxylic acids is 1. The first-order valence-electron chi connectivity index (χ1n) is 7.23. The van der Waals surface area contributed by atoms with Crippen LogP contribution < -0.4 is 5.32 Å². The van der Waals surface area contributed by atoms with E-state index in [1.807, 2.05) is 32.0 Å². The maximum atomic E-state index is 12.2. The van der Waals surface area contributed by atoms with Crippen molar-refractivity contribution in [1.82, 2.24) is 4.90 Å². The van der Waals surface area contributed by atoms with Crippen LogP contribution in [0.5, 0.6) is 0 Å². The maximum absolute atomic E-state index is 12.2. The van der Waals surface area contributed by atoms with Crippen LogP contribution in [0.3, 0.4) is 0 Å². The van der Waals surface area contributed by atoms with Crippen molar-refractivity contribution in [3.63, 3.8) is 0 Å². The summed E-state index contributed by atoms with van der Waals surface area (Å²) in [6.45, 7) is 7.49. The normalized spacial score (nSPS) is 23.0. The van der Waals surface area contributed by atoms with Gasteiger partial charge in [-0.3, -0.25) is 9.69 Å². The molecule has 110 valence electrons. The second-order valence-electron chi connectivity index (χ2n) is 5.85. The van der Waals surface area contributed by atoms with E-state index < -0.39 is 0 Å². The van der Waals surface area contributed by atoms with E-state index in [2.05, 4.69) is 17.1 Å². The lowest BCUT2D eigenvalue weighted by atomic mass is 10.0. The lowest BCUT2D eigenvalue weighted by molar-refractivity contribution is -0.117. The number of nitrogens with zero attached hydrogens (tertiary/aromatic N) is 1. The number of anilines is 1. The molecule has 0 bridgehead atoms. The fourth-order valence-electron chi connectivity index (χ4n) is 2.82. The molecule has 20 heavy (non-hydrogen) atoms. The molecule has 1 aliphatic heterocycles. The highest BCUT2D eigenvalue weighted by atomic mass is 16.3. The van der Waals surface area contributed by atoms with Crippen molar-refractivity contribution in [2.75, 3.05) is 25.0 Å². The number of rotatable bonds is 4. The van der Waals surface area contributed by atoms with E-state index in [1.165, 1.54) is 0 Å². The number of likely N-dealkylation sites (tertiary alicyclic amines) is 1. The van der Waals surface area contributed by atoms with E-state index in [9.17, 15) is 9.90 Å². The predicted molar refractivity (Wildman–Crippen MR) is 80.8 cm³/mol. The van der Waals surface area contributed by atoms with Crippen LogP contribution in [0.4, 0.5) is 5.69 Å². The quantitative estimate of drug-likeness (QED) is 0.883. The van der Waals surface area contributed by atoms with Gasteiger partial charge in [0, 0.05) is 11.7 Å². The van der Waals surface area contributed by atoms with Crippen molar-refractivity contribution < 1.29 is 9.90 Å². The molecule has 1 saturated heterocycles. The van der Waals surface area contributed by atoms with Gasteiger partial charge in [0.1, 0.15) is 0 Å². The molecular formula is C16H24N2O2. The van der Waals surface area contributed by atoms with E-state index in [1.54, 1.807) is 0 Å². The molecule has 2 N–H and O–H groups in total. The van der Waals surface area contributed by atoms with Crippen LogP contribution in [0.2, 0.25) is 0 Å². The van der Waals surface area contributed by atoms with Crippen LogP contribution in [0.25, 0.3) is 0 Å². The number of hydrogen-bond donors (Lipinski definition) is 2. The molecule has 0 radical (unpaired) electrons. The number of benzene rings is 1. The molecule has 4 nitrogen and oxygen atoms in total. The number of hydrogen-bond acceptors (Lipinski definition) is 3. The molecule has 2 unspecified atom stereocenters. The molecule has 0 aliphatic carbocycles. The van der Waals surface area contributed by atoms with Gasteiger partial charge in [-0.1, -0.05) is 19.1 Å². The molecule has 0 spiro atoms. The van der Waals surface area contributed by atoms with Crippen molar-refractivity contribution in [3.05, 3.63) is 29.3 Å². The van der Waals surface area contributed by atoms with Gasteiger partial charge in [0.15, 0.2) is 0 Å². The van der Waals surface area contributed by atoms with Crippen LogP contribution in [-0.4, -0.2) is 41.7 Å². The highest BCUT2D eigenvalue weighted by Gasteiger charge is 2.31. The Balaban J connectivity index is 1.97. The molecule has 1 aliphatic rings. The van der Waals surface area contributed by atoms with Gasteiger partial charge in [-0.2, -0.15) is 0 Å². The van der Waals surface area contributed by atoms with Crippen molar-refractivity contribution in [3.8, 4) is 0 Å². The predicted octanol–water partition coefficient (Wildman–Crippen LogP) is 1.94. The average molecular weight is 276 g/mol. The summed E-state index contributed by atoms with van der Waals surface area (Å²) in [5.41, 5.74) is 3.08. The molecule has 1 heterocycles. The SMILES string of the molecule is Cc1ccc(C)c(NC(=O)CN2CCC(C)C2CO)c1. The minimum Gasteiger partial charge on any atom is -0.395 e. The fourth-order valence-corrected chi connectivity index (χ4v) is 2.82. The van der Waals surface area contributed by atoms with Crippen LogP contribution in [0.15, 0.2) is 18.2 Å². The Labute approximate surface area is 120 Å². The smallest absolute Gasteiger partial charge is 0.238 e. The third kappa shape index (κ3) is 3.38. The number of nitrogens with one attached hydrogen (secondary N) is 1. The zero-order valence-electron chi connectivity index (χ0n) is 12.5.